The van der Waals surface area contributed by atoms with Gasteiger partial charge >= 0.3 is 11.9 Å². The van der Waals surface area contributed by atoms with Crippen molar-refractivity contribution in [3.8, 4) is 0 Å². The van der Waals surface area contributed by atoms with E-state index in [1.807, 2.05) is 0 Å². The Labute approximate surface area is 131 Å². The van der Waals surface area contributed by atoms with Crippen molar-refractivity contribution in [2.45, 2.75) is 58.3 Å². The first-order valence-corrected chi connectivity index (χ1v) is 8.01. The Kier molecular flexibility index (Phi) is 8.88. The minimum Gasteiger partial charge on any atom is -0.478 e. The summed E-state index contributed by atoms with van der Waals surface area (Å²) in [5.74, 6) is -1.56. The highest BCUT2D eigenvalue weighted by atomic mass is 16.5. The van der Waals surface area contributed by atoms with Gasteiger partial charge in [0.1, 0.15) is 5.69 Å². The van der Waals surface area contributed by atoms with Crippen LogP contribution in [0.3, 0.4) is 0 Å². The number of aromatic carboxylic acids is 1. The van der Waals surface area contributed by atoms with Gasteiger partial charge in [-0.15, -0.1) is 0 Å². The zero-order chi connectivity index (χ0) is 16.2. The van der Waals surface area contributed by atoms with Crippen molar-refractivity contribution in [3.05, 3.63) is 29.6 Å². The van der Waals surface area contributed by atoms with E-state index in [-0.39, 0.29) is 11.3 Å². The van der Waals surface area contributed by atoms with E-state index in [1.54, 1.807) is 0 Å². The highest BCUT2D eigenvalue weighted by Crippen LogP contribution is 2.09. The molecule has 0 bridgehead atoms. The summed E-state index contributed by atoms with van der Waals surface area (Å²) in [6, 6.07) is 2.72. The number of carbonyl (C=O) groups is 2. The molecule has 0 unspecified atom stereocenters. The largest absolute Gasteiger partial charge is 0.478 e. The van der Waals surface area contributed by atoms with Gasteiger partial charge in [-0.2, -0.15) is 0 Å². The second-order valence-electron chi connectivity index (χ2n) is 5.35. The van der Waals surface area contributed by atoms with Crippen LogP contribution in [0.15, 0.2) is 18.3 Å². The third kappa shape index (κ3) is 7.20. The predicted molar refractivity (Wildman–Crippen MR) is 84.1 cm³/mol. The van der Waals surface area contributed by atoms with Crippen LogP contribution in [0.2, 0.25) is 0 Å². The molecule has 1 heterocycles. The van der Waals surface area contributed by atoms with Crippen LogP contribution in [-0.4, -0.2) is 28.6 Å². The first kappa shape index (κ1) is 18.1. The maximum Gasteiger partial charge on any atom is 0.356 e. The highest BCUT2D eigenvalue weighted by molar-refractivity contribution is 5.90. The standard InChI is InChI=1S/C17H25NO4/c1-2-3-4-5-6-7-8-9-12-22-17(21)15-11-10-14(13-18-15)16(19)20/h10-11,13H,2-9,12H2,1H3,(H,19,20). The van der Waals surface area contributed by atoms with Gasteiger partial charge < -0.3 is 9.84 Å². The summed E-state index contributed by atoms with van der Waals surface area (Å²) in [6.45, 7) is 2.59. The highest BCUT2D eigenvalue weighted by Gasteiger charge is 2.10. The van der Waals surface area contributed by atoms with E-state index in [4.69, 9.17) is 9.84 Å². The topological polar surface area (TPSA) is 76.5 Å². The molecule has 22 heavy (non-hydrogen) atoms. The van der Waals surface area contributed by atoms with E-state index in [9.17, 15) is 9.59 Å². The average Bonchev–Trinajstić information content (AvgIpc) is 2.53. The Hall–Kier alpha value is -1.91. The lowest BCUT2D eigenvalue weighted by atomic mass is 10.1. The van der Waals surface area contributed by atoms with E-state index in [0.29, 0.717) is 6.61 Å². The number of carbonyl (C=O) groups excluding carboxylic acids is 1. The SMILES string of the molecule is CCCCCCCCCCOC(=O)c1ccc(C(=O)O)cn1. The number of carboxylic acids is 1. The van der Waals surface area contributed by atoms with Crippen molar-refractivity contribution >= 4 is 11.9 Å². The van der Waals surface area contributed by atoms with Crippen LogP contribution in [0.5, 0.6) is 0 Å². The number of esters is 1. The maximum atomic E-state index is 11.7. The number of aromatic nitrogens is 1. The first-order chi connectivity index (χ1) is 10.6. The molecule has 0 fully saturated rings. The minimum atomic E-state index is -1.06. The fraction of sp³-hybridized carbons (Fsp3) is 0.588. The van der Waals surface area contributed by atoms with Crippen molar-refractivity contribution < 1.29 is 19.4 Å². The van der Waals surface area contributed by atoms with Crippen LogP contribution >= 0.6 is 0 Å². The monoisotopic (exact) mass is 307 g/mol. The van der Waals surface area contributed by atoms with Gasteiger partial charge in [-0.3, -0.25) is 0 Å². The van der Waals surface area contributed by atoms with Crippen LogP contribution < -0.4 is 0 Å². The maximum absolute atomic E-state index is 11.7. The van der Waals surface area contributed by atoms with E-state index in [0.717, 1.165) is 19.0 Å². The number of ether oxygens (including phenoxy) is 1. The fourth-order valence-electron chi connectivity index (χ4n) is 2.12. The minimum absolute atomic E-state index is 0.0552. The molecular formula is C17H25NO4. The van der Waals surface area contributed by atoms with E-state index in [1.165, 1.54) is 50.7 Å². The molecule has 0 saturated carbocycles. The van der Waals surface area contributed by atoms with Crippen LogP contribution in [0.25, 0.3) is 0 Å². The van der Waals surface area contributed by atoms with Crippen molar-refractivity contribution in [2.24, 2.45) is 0 Å². The summed E-state index contributed by atoms with van der Waals surface area (Å²) in [7, 11) is 0. The molecule has 122 valence electrons. The third-order valence-corrected chi connectivity index (χ3v) is 3.45. The van der Waals surface area contributed by atoms with Gasteiger partial charge in [-0.05, 0) is 18.6 Å². The Balaban J connectivity index is 2.12. The number of unbranched alkanes of at least 4 members (excludes halogenated alkanes) is 7. The summed E-state index contributed by atoms with van der Waals surface area (Å²) in [6.07, 6.45) is 10.7. The smallest absolute Gasteiger partial charge is 0.356 e. The van der Waals surface area contributed by atoms with Crippen LogP contribution in [0.1, 0.15) is 79.1 Å². The summed E-state index contributed by atoms with van der Waals surface area (Å²) in [4.78, 5) is 26.2. The second-order valence-corrected chi connectivity index (χ2v) is 5.35. The number of pyridine rings is 1. The van der Waals surface area contributed by atoms with Crippen LogP contribution in [0.4, 0.5) is 0 Å². The lowest BCUT2D eigenvalue weighted by Gasteiger charge is -2.05. The first-order valence-electron chi connectivity index (χ1n) is 8.01. The molecule has 0 amide bonds. The molecule has 5 heteroatoms. The Morgan fingerprint density at radius 1 is 1.05 bits per heavy atom. The van der Waals surface area contributed by atoms with Crippen molar-refractivity contribution in [1.82, 2.24) is 4.98 Å². The van der Waals surface area contributed by atoms with Crippen molar-refractivity contribution in [3.63, 3.8) is 0 Å². The van der Waals surface area contributed by atoms with Gasteiger partial charge in [-0.1, -0.05) is 51.9 Å². The molecule has 5 nitrogen and oxygen atoms in total. The van der Waals surface area contributed by atoms with Gasteiger partial charge in [0.25, 0.3) is 0 Å². The molecule has 0 aliphatic carbocycles. The van der Waals surface area contributed by atoms with Crippen LogP contribution in [-0.2, 0) is 4.74 Å². The fourth-order valence-corrected chi connectivity index (χ4v) is 2.12. The molecule has 1 aromatic heterocycles. The summed E-state index contributed by atoms with van der Waals surface area (Å²) >= 11 is 0. The molecule has 0 spiro atoms. The number of rotatable bonds is 11. The zero-order valence-corrected chi connectivity index (χ0v) is 13.2. The Bertz CT molecular complexity index is 456. The number of nitrogens with zero attached hydrogens (tertiary/aromatic N) is 1. The van der Waals surface area contributed by atoms with Gasteiger partial charge in [0.15, 0.2) is 0 Å². The number of carboxylic acid groups (broad SMARTS) is 1. The summed E-state index contributed by atoms with van der Waals surface area (Å²) < 4.78 is 5.12. The van der Waals surface area contributed by atoms with E-state index < -0.39 is 11.9 Å². The molecule has 0 aliphatic heterocycles. The van der Waals surface area contributed by atoms with Crippen molar-refractivity contribution in [1.29, 1.82) is 0 Å². The third-order valence-electron chi connectivity index (χ3n) is 3.45. The summed E-state index contributed by atoms with van der Waals surface area (Å²) in [5, 5.41) is 8.75. The molecule has 0 atom stereocenters. The molecule has 0 aromatic carbocycles. The Morgan fingerprint density at radius 3 is 2.23 bits per heavy atom. The van der Waals surface area contributed by atoms with Gasteiger partial charge in [-0.25, -0.2) is 14.6 Å². The predicted octanol–water partition coefficient (Wildman–Crippen LogP) is 4.08. The van der Waals surface area contributed by atoms with Gasteiger partial charge in [0.05, 0.1) is 12.2 Å². The average molecular weight is 307 g/mol. The van der Waals surface area contributed by atoms with E-state index >= 15 is 0 Å². The number of hydrogen-bond donors (Lipinski definition) is 1. The second kappa shape index (κ2) is 10.8. The molecule has 1 aromatic rings. The van der Waals surface area contributed by atoms with Gasteiger partial charge in [0, 0.05) is 6.20 Å². The van der Waals surface area contributed by atoms with Crippen molar-refractivity contribution in [2.75, 3.05) is 6.61 Å². The number of hydrogen-bond acceptors (Lipinski definition) is 4. The Morgan fingerprint density at radius 2 is 1.68 bits per heavy atom. The lowest BCUT2D eigenvalue weighted by molar-refractivity contribution is 0.0489. The zero-order valence-electron chi connectivity index (χ0n) is 13.2. The molecule has 0 aliphatic rings. The molecule has 1 rings (SSSR count). The molecular weight excluding hydrogens is 282 g/mol. The molecule has 1 N–H and O–H groups in total. The van der Waals surface area contributed by atoms with Gasteiger partial charge in [0.2, 0.25) is 0 Å². The lowest BCUT2D eigenvalue weighted by Crippen LogP contribution is -2.09. The normalized spacial score (nSPS) is 10.4. The van der Waals surface area contributed by atoms with E-state index in [2.05, 4.69) is 11.9 Å². The van der Waals surface area contributed by atoms with Crippen LogP contribution in [0, 0.1) is 0 Å². The quantitative estimate of drug-likeness (QED) is 0.492. The summed E-state index contributed by atoms with van der Waals surface area (Å²) in [5.41, 5.74) is 0.198. The molecule has 0 saturated heterocycles. The molecule has 0 radical (unpaired) electrons.